The van der Waals surface area contributed by atoms with E-state index < -0.39 is 104 Å². The van der Waals surface area contributed by atoms with E-state index in [-0.39, 0.29) is 51.7 Å². The number of nitrogens with two attached hydrogens (primary N) is 1. The third-order valence-electron chi connectivity index (χ3n) is 19.6. The van der Waals surface area contributed by atoms with Gasteiger partial charge in [0.05, 0.1) is 49.3 Å². The van der Waals surface area contributed by atoms with Crippen molar-refractivity contribution in [2.45, 2.75) is 140 Å². The Morgan fingerprint density at radius 2 is 0.686 bits per heavy atom. The number of hydrogen-bond donors (Lipinski definition) is 6. The summed E-state index contributed by atoms with van der Waals surface area (Å²) in [5.74, 6) is 0.0615. The fourth-order valence-electron chi connectivity index (χ4n) is 13.7. The molecule has 6 unspecified atom stereocenters. The molecule has 0 radical (unpaired) electrons. The first kappa shape index (κ1) is 84.8. The minimum atomic E-state index is -5.66. The first-order valence-electron chi connectivity index (χ1n) is 35.2. The summed E-state index contributed by atoms with van der Waals surface area (Å²) in [7, 11) is -9.60. The number of aromatic nitrogens is 6. The molecule has 12 aromatic rings. The Morgan fingerprint density at radius 3 is 1.01 bits per heavy atom. The molecule has 6 atom stereocenters. The lowest BCUT2D eigenvalue weighted by atomic mass is 9.89. The Kier molecular flexibility index (Phi) is 22.3. The number of hydrogen-bond acceptors (Lipinski definition) is 11. The van der Waals surface area contributed by atoms with Gasteiger partial charge in [-0.3, -0.25) is 4.72 Å². The fraction of sp³-hybridized carbons (Fsp3) is 0.278. The number of anilines is 1. The molecule has 7 N–H and O–H groups in total. The van der Waals surface area contributed by atoms with Gasteiger partial charge in [-0.25, -0.2) is 28.5 Å². The Balaban J connectivity index is 0.000000154. The summed E-state index contributed by atoms with van der Waals surface area (Å²) in [5.41, 5.74) is 3.55. The van der Waals surface area contributed by atoms with Crippen molar-refractivity contribution in [2.75, 3.05) is 4.72 Å². The average Bonchev–Trinajstić information content (AvgIpc) is 1.60. The van der Waals surface area contributed by atoms with Gasteiger partial charge in [0.1, 0.15) is 34.7 Å². The summed E-state index contributed by atoms with van der Waals surface area (Å²) in [6, 6.07) is 50.4. The smallest absolute Gasteiger partial charge is 0.471 e. The van der Waals surface area contributed by atoms with Crippen LogP contribution < -0.4 is 24.1 Å². The normalized spacial score (nSPS) is 18.1. The summed E-state index contributed by atoms with van der Waals surface area (Å²) in [4.78, 5) is 23.5. The number of fused-ring (bicyclic) bond motifs is 3. The largest absolute Gasteiger partial charge is 0.516 e. The van der Waals surface area contributed by atoms with Crippen molar-refractivity contribution >= 4 is 58.8 Å². The van der Waals surface area contributed by atoms with E-state index in [4.69, 9.17) is 5.14 Å². The molecule has 3 heterocycles. The van der Waals surface area contributed by atoms with Crippen LogP contribution in [-0.4, -0.2) is 113 Å². The number of para-hydroxylation sites is 1. The molecule has 15 rings (SSSR count). The van der Waals surface area contributed by atoms with E-state index in [1.54, 1.807) is 73.2 Å². The van der Waals surface area contributed by atoms with E-state index in [0.717, 1.165) is 87.5 Å². The fourth-order valence-corrected chi connectivity index (χ4v) is 15.1. The molecule has 0 aliphatic heterocycles. The maximum atomic E-state index is 12.9. The molecule has 0 amide bonds. The lowest BCUT2D eigenvalue weighted by molar-refractivity contribution is -0.300. The molecule has 0 bridgehead atoms. The van der Waals surface area contributed by atoms with Crippen LogP contribution in [-0.2, 0) is 25.6 Å². The maximum absolute atomic E-state index is 12.9. The van der Waals surface area contributed by atoms with Gasteiger partial charge in [0.15, 0.2) is 0 Å². The average molecular weight is 1710 g/mol. The molecule has 16 nitrogen and oxygen atoms in total. The summed E-state index contributed by atoms with van der Waals surface area (Å²) in [6.07, 6.45) is -43.4. The summed E-state index contributed by atoms with van der Waals surface area (Å²) in [6.45, 7) is 3.46. The monoisotopic (exact) mass is 1710 g/mol. The van der Waals surface area contributed by atoms with Crippen molar-refractivity contribution in [1.82, 2.24) is 29.9 Å². The van der Waals surface area contributed by atoms with Gasteiger partial charge in [-0.05, 0) is 180 Å². The minimum Gasteiger partial charge on any atom is -0.471 e. The Morgan fingerprint density at radius 1 is 0.390 bits per heavy atom. The number of rotatable bonds is 19. The number of alkyl halides is 21. The lowest BCUT2D eigenvalue weighted by Gasteiger charge is -2.23. The molecule has 0 saturated heterocycles. The van der Waals surface area contributed by atoms with Gasteiger partial charge < -0.3 is 34.3 Å². The third kappa shape index (κ3) is 19.2. The molecule has 3 aliphatic carbocycles. The number of aromatic amines is 3. The van der Waals surface area contributed by atoms with Crippen LogP contribution in [0, 0.1) is 0 Å². The number of H-pyrrole nitrogens is 3. The SMILES string of the molecule is CC(C)(O)c1ccccc1-c1ccc2nc(C3CC3c3ccc(OC(C(F)(F)F)C(F)(F)F)cc3)[nH]c2c1.NS(=O)(=O)c1ccccc1-c1ccc2nc(C3CC3c3ccc(OC(C(F)(F)F)C(F)(F)F)cc3)[nH]c2c1.O=S(=O)(Nc1ccccc1-c1ccc2nc(C3CC3c3ccc(OC(C(F)(F)F)C(F)(F)F)cc3)[nH]c2c1)C(F)(F)F. The van der Waals surface area contributed by atoms with Gasteiger partial charge >= 0.3 is 52.6 Å². The van der Waals surface area contributed by atoms with Crippen LogP contribution >= 0.6 is 0 Å². The highest BCUT2D eigenvalue weighted by Crippen LogP contribution is 2.57. The van der Waals surface area contributed by atoms with E-state index in [0.29, 0.717) is 68.8 Å². The van der Waals surface area contributed by atoms with Crippen molar-refractivity contribution in [3.05, 3.63) is 240 Å². The number of nitrogens with zero attached hydrogens (tertiary/aromatic N) is 3. The van der Waals surface area contributed by atoms with E-state index >= 15 is 0 Å². The summed E-state index contributed by atoms with van der Waals surface area (Å²) >= 11 is 0. The predicted octanol–water partition coefficient (Wildman–Crippen LogP) is 21.3. The second-order valence-corrected chi connectivity index (χ2v) is 31.8. The molecule has 3 aliphatic rings. The molecule has 3 saturated carbocycles. The van der Waals surface area contributed by atoms with E-state index in [2.05, 4.69) is 44.1 Å². The highest BCUT2D eigenvalue weighted by atomic mass is 32.2. The maximum Gasteiger partial charge on any atom is 0.516 e. The van der Waals surface area contributed by atoms with Gasteiger partial charge in [-0.15, -0.1) is 0 Å². The highest BCUT2D eigenvalue weighted by molar-refractivity contribution is 7.93. The van der Waals surface area contributed by atoms with Crippen LogP contribution in [0.3, 0.4) is 0 Å². The number of halogens is 21. The van der Waals surface area contributed by atoms with Gasteiger partial charge in [0.2, 0.25) is 10.0 Å². The van der Waals surface area contributed by atoms with Crippen LogP contribution in [0.5, 0.6) is 17.2 Å². The van der Waals surface area contributed by atoms with E-state index in [9.17, 15) is 114 Å². The van der Waals surface area contributed by atoms with Crippen LogP contribution in [0.2, 0.25) is 0 Å². The molecule has 9 aromatic carbocycles. The zero-order chi connectivity index (χ0) is 85.6. The summed E-state index contributed by atoms with van der Waals surface area (Å²) < 4.78 is 330. The number of aliphatic hydroxyl groups is 1. The first-order valence-corrected chi connectivity index (χ1v) is 38.2. The molecule has 39 heteroatoms. The molecule has 118 heavy (non-hydrogen) atoms. The second kappa shape index (κ2) is 31.0. The van der Waals surface area contributed by atoms with E-state index in [1.165, 1.54) is 66.7 Å². The topological polar surface area (TPSA) is 240 Å². The van der Waals surface area contributed by atoms with Gasteiger partial charge in [-0.1, -0.05) is 115 Å². The standard InChI is InChI=1S/C28H24F6N2O2.C26H18F9N3O3S.C25H19F6N3O3S/c1-26(2,37)21-6-4-3-5-18(21)16-9-12-22-23(13-16)36-24(35-22)20-14-19(20)15-7-10-17(11-8-15)38-25(27(29,30)31)28(32,33)34;27-24(28,29)23(25(30,31)32)41-15-8-5-13(6-9-15)17-12-18(17)22-36-20-10-7-14(11-21(20)37-22)16-3-1-2-4-19(16)38-42(39,40)26(33,34)35;26-24(27,28)23(25(29,30)31)37-15-8-5-13(6-9-15)17-12-18(17)22-33-19-10-7-14(11-20(19)34-22)16-3-1-2-4-21(16)38(32,35)36/h3-13,19-20,25,37H,14H2,1-2H3,(H,35,36);1-11,17-18,23,38H,12H2,(H,36,37);1-11,17-18,23H,12H2,(H,33,34)(H2,32,35,36). The van der Waals surface area contributed by atoms with Crippen molar-refractivity contribution in [3.63, 3.8) is 0 Å². The van der Waals surface area contributed by atoms with Crippen molar-refractivity contribution in [3.8, 4) is 50.6 Å². The molecule has 0 spiro atoms. The number of ether oxygens (including phenoxy) is 3. The molecule has 3 aromatic heterocycles. The predicted molar refractivity (Wildman–Crippen MR) is 389 cm³/mol. The van der Waals surface area contributed by atoms with Crippen LogP contribution in [0.15, 0.2) is 205 Å². The quantitative estimate of drug-likeness (QED) is 0.0416. The second-order valence-electron chi connectivity index (χ2n) is 28.6. The minimum absolute atomic E-state index is 0.00874. The van der Waals surface area contributed by atoms with E-state index in [1.807, 2.05) is 42.5 Å². The molecular formula is C79H61F21N8O8S2. The van der Waals surface area contributed by atoms with Gasteiger partial charge in [-0.2, -0.15) is 101 Å². The highest BCUT2D eigenvalue weighted by Gasteiger charge is 2.62. The van der Waals surface area contributed by atoms with Crippen molar-refractivity contribution < 1.29 is 128 Å². The Hall–Kier alpha value is -11.1. The third-order valence-corrected chi connectivity index (χ3v) is 21.7. The van der Waals surface area contributed by atoms with Gasteiger partial charge in [0.25, 0.3) is 18.3 Å². The molecule has 3 fully saturated rings. The number of sulfonamides is 2. The Bertz CT molecular complexity index is 5860. The zero-order valence-electron chi connectivity index (χ0n) is 60.3. The van der Waals surface area contributed by atoms with Crippen molar-refractivity contribution in [1.29, 1.82) is 0 Å². The Labute approximate surface area is 654 Å². The van der Waals surface area contributed by atoms with Crippen LogP contribution in [0.1, 0.15) is 108 Å². The number of nitrogens with one attached hydrogen (secondary N) is 4. The molecule has 624 valence electrons. The summed E-state index contributed by atoms with van der Waals surface area (Å²) in [5, 5.41) is 15.9. The number of imidazole rings is 3. The lowest BCUT2D eigenvalue weighted by Crippen LogP contribution is -2.46. The van der Waals surface area contributed by atoms with Crippen LogP contribution in [0.25, 0.3) is 66.5 Å². The van der Waals surface area contributed by atoms with Gasteiger partial charge in [0, 0.05) is 28.9 Å². The van der Waals surface area contributed by atoms with Crippen LogP contribution in [0.4, 0.5) is 97.9 Å². The first-order chi connectivity index (χ1) is 54.9. The number of primary sulfonamides is 1. The molecular weight excluding hydrogens is 1650 g/mol. The zero-order valence-corrected chi connectivity index (χ0v) is 62.0. The number of benzene rings is 9. The van der Waals surface area contributed by atoms with Crippen molar-refractivity contribution in [2.24, 2.45) is 5.14 Å².